The molecule has 4 rings (SSSR count). The number of carboxylic acid groups (broad SMARTS) is 1. The van der Waals surface area contributed by atoms with Gasteiger partial charge >= 0.3 is 5.97 Å². The first-order chi connectivity index (χ1) is 13.1. The van der Waals surface area contributed by atoms with Crippen LogP contribution in [0.5, 0.6) is 0 Å². The van der Waals surface area contributed by atoms with Crippen molar-refractivity contribution in [3.63, 3.8) is 0 Å². The summed E-state index contributed by atoms with van der Waals surface area (Å²) in [5.74, 6) is -0.770. The number of furan rings is 1. The van der Waals surface area contributed by atoms with Crippen LogP contribution in [0.2, 0.25) is 0 Å². The summed E-state index contributed by atoms with van der Waals surface area (Å²) >= 11 is 0. The summed E-state index contributed by atoms with van der Waals surface area (Å²) in [4.78, 5) is 26.2. The van der Waals surface area contributed by atoms with Gasteiger partial charge in [-0.15, -0.1) is 0 Å². The summed E-state index contributed by atoms with van der Waals surface area (Å²) in [6, 6.07) is 11.5. The number of amides is 1. The van der Waals surface area contributed by atoms with E-state index >= 15 is 0 Å². The fraction of sp³-hybridized carbons (Fsp3) is 0.429. The van der Waals surface area contributed by atoms with Gasteiger partial charge < -0.3 is 19.2 Å². The van der Waals surface area contributed by atoms with Crippen LogP contribution in [0.25, 0.3) is 11.1 Å². The Hall–Kier alpha value is -2.60. The van der Waals surface area contributed by atoms with E-state index in [9.17, 15) is 14.7 Å². The Balaban J connectivity index is 1.43. The van der Waals surface area contributed by atoms with Crippen LogP contribution in [-0.2, 0) is 9.53 Å². The summed E-state index contributed by atoms with van der Waals surface area (Å²) < 4.78 is 11.2. The Morgan fingerprint density at radius 1 is 1.04 bits per heavy atom. The third-order valence-corrected chi connectivity index (χ3v) is 5.69. The molecule has 3 heterocycles. The molecule has 27 heavy (non-hydrogen) atoms. The molecule has 1 N–H and O–H groups in total. The number of carbonyl (C=O) groups excluding carboxylic acids is 1. The highest BCUT2D eigenvalue weighted by Gasteiger charge is 2.41. The van der Waals surface area contributed by atoms with Crippen LogP contribution in [-0.4, -0.2) is 47.7 Å². The smallest absolute Gasteiger partial charge is 0.309 e. The Morgan fingerprint density at radius 3 is 2.48 bits per heavy atom. The van der Waals surface area contributed by atoms with E-state index < -0.39 is 11.9 Å². The van der Waals surface area contributed by atoms with E-state index in [-0.39, 0.29) is 17.9 Å². The van der Waals surface area contributed by atoms with E-state index in [2.05, 4.69) is 0 Å². The molecular weight excluding hydrogens is 346 g/mol. The van der Waals surface area contributed by atoms with Gasteiger partial charge in [-0.1, -0.05) is 30.3 Å². The van der Waals surface area contributed by atoms with Crippen molar-refractivity contribution in [2.75, 3.05) is 19.7 Å². The first kappa shape index (κ1) is 17.8. The number of ether oxygens (including phenoxy) is 1. The minimum atomic E-state index is -0.779. The van der Waals surface area contributed by atoms with Crippen molar-refractivity contribution in [3.05, 3.63) is 48.4 Å². The van der Waals surface area contributed by atoms with Crippen molar-refractivity contribution in [2.45, 2.75) is 25.4 Å². The first-order valence-corrected chi connectivity index (χ1v) is 9.41. The summed E-state index contributed by atoms with van der Waals surface area (Å²) in [6.45, 7) is 1.68. The molecule has 6 heteroatoms. The van der Waals surface area contributed by atoms with Gasteiger partial charge in [-0.25, -0.2) is 0 Å². The topological polar surface area (TPSA) is 80.0 Å². The van der Waals surface area contributed by atoms with Gasteiger partial charge in [0.05, 0.1) is 18.3 Å². The number of carboxylic acids is 1. The number of piperidine rings is 1. The molecule has 2 fully saturated rings. The van der Waals surface area contributed by atoms with Crippen molar-refractivity contribution < 1.29 is 23.8 Å². The van der Waals surface area contributed by atoms with Crippen molar-refractivity contribution in [2.24, 2.45) is 11.8 Å². The van der Waals surface area contributed by atoms with E-state index in [1.165, 1.54) is 0 Å². The lowest BCUT2D eigenvalue weighted by molar-refractivity contribution is -0.145. The molecule has 0 radical (unpaired) electrons. The van der Waals surface area contributed by atoms with E-state index in [4.69, 9.17) is 9.15 Å². The van der Waals surface area contributed by atoms with Gasteiger partial charge in [-0.3, -0.25) is 9.59 Å². The molecule has 1 aromatic heterocycles. The van der Waals surface area contributed by atoms with Crippen molar-refractivity contribution in [3.8, 4) is 11.1 Å². The van der Waals surface area contributed by atoms with Gasteiger partial charge in [0.2, 0.25) is 0 Å². The molecule has 0 saturated carbocycles. The fourth-order valence-electron chi connectivity index (χ4n) is 4.23. The highest BCUT2D eigenvalue weighted by molar-refractivity contribution is 5.98. The molecule has 0 bridgehead atoms. The number of benzene rings is 1. The predicted molar refractivity (Wildman–Crippen MR) is 98.3 cm³/mol. The van der Waals surface area contributed by atoms with E-state index in [1.807, 2.05) is 36.4 Å². The van der Waals surface area contributed by atoms with E-state index in [1.54, 1.807) is 11.2 Å². The monoisotopic (exact) mass is 369 g/mol. The molecule has 2 aliphatic rings. The van der Waals surface area contributed by atoms with Crippen LogP contribution in [0.4, 0.5) is 0 Å². The third kappa shape index (κ3) is 3.49. The van der Waals surface area contributed by atoms with Crippen LogP contribution in [0, 0.1) is 11.8 Å². The molecule has 6 nitrogen and oxygen atoms in total. The lowest BCUT2D eigenvalue weighted by atomic mass is 9.84. The van der Waals surface area contributed by atoms with Crippen LogP contribution < -0.4 is 0 Å². The highest BCUT2D eigenvalue weighted by Crippen LogP contribution is 2.34. The van der Waals surface area contributed by atoms with Gasteiger partial charge in [-0.05, 0) is 36.8 Å². The second-order valence-electron chi connectivity index (χ2n) is 7.23. The number of carbonyl (C=O) groups is 2. The number of likely N-dealkylation sites (tertiary alicyclic amines) is 1. The zero-order valence-electron chi connectivity index (χ0n) is 15.0. The predicted octanol–water partition coefficient (Wildman–Crippen LogP) is 3.29. The Bertz CT molecular complexity index is 807. The largest absolute Gasteiger partial charge is 0.481 e. The number of rotatable bonds is 4. The number of aliphatic carboxylic acids is 1. The molecule has 0 aliphatic carbocycles. The summed E-state index contributed by atoms with van der Waals surface area (Å²) in [6.07, 6.45) is 3.39. The maximum Gasteiger partial charge on any atom is 0.309 e. The minimum absolute atomic E-state index is 0.112. The number of hydrogen-bond acceptors (Lipinski definition) is 4. The average molecular weight is 369 g/mol. The van der Waals surface area contributed by atoms with Crippen molar-refractivity contribution in [1.82, 2.24) is 4.90 Å². The maximum atomic E-state index is 13.0. The van der Waals surface area contributed by atoms with Crippen LogP contribution in [0.3, 0.4) is 0 Å². The van der Waals surface area contributed by atoms with Gasteiger partial charge in [0, 0.05) is 25.3 Å². The molecule has 2 aromatic rings. The van der Waals surface area contributed by atoms with Gasteiger partial charge in [-0.2, -0.15) is 0 Å². The lowest BCUT2D eigenvalue weighted by Crippen LogP contribution is -2.43. The summed E-state index contributed by atoms with van der Waals surface area (Å²) in [5, 5.41) is 9.36. The molecule has 2 aliphatic heterocycles. The van der Waals surface area contributed by atoms with Crippen LogP contribution in [0.1, 0.15) is 29.8 Å². The highest BCUT2D eigenvalue weighted by atomic mass is 16.5. The third-order valence-electron chi connectivity index (χ3n) is 5.69. The van der Waals surface area contributed by atoms with Gasteiger partial charge in [0.1, 0.15) is 0 Å². The molecule has 2 saturated heterocycles. The molecule has 1 unspecified atom stereocenters. The lowest BCUT2D eigenvalue weighted by Gasteiger charge is -2.35. The Morgan fingerprint density at radius 2 is 1.78 bits per heavy atom. The van der Waals surface area contributed by atoms with Gasteiger partial charge in [0.25, 0.3) is 5.91 Å². The molecule has 0 spiro atoms. The molecule has 1 aromatic carbocycles. The molecule has 142 valence electrons. The van der Waals surface area contributed by atoms with Crippen molar-refractivity contribution in [1.29, 1.82) is 0 Å². The van der Waals surface area contributed by atoms with Crippen LogP contribution in [0.15, 0.2) is 47.1 Å². The van der Waals surface area contributed by atoms with Crippen LogP contribution >= 0.6 is 0 Å². The van der Waals surface area contributed by atoms with Gasteiger partial charge in [0.15, 0.2) is 5.76 Å². The quantitative estimate of drug-likeness (QED) is 0.895. The fourth-order valence-corrected chi connectivity index (χ4v) is 4.23. The summed E-state index contributed by atoms with van der Waals surface area (Å²) in [5.41, 5.74) is 1.75. The SMILES string of the molecule is O=C(O)C1CCO[C@H]1C1CCN(C(=O)c2occc2-c2ccccc2)CC1. The molecule has 1 amide bonds. The molecular formula is C21H23NO5. The average Bonchev–Trinajstić information content (AvgIpc) is 3.38. The Labute approximate surface area is 157 Å². The minimum Gasteiger partial charge on any atom is -0.481 e. The second-order valence-corrected chi connectivity index (χ2v) is 7.23. The molecule has 2 atom stereocenters. The van der Waals surface area contributed by atoms with E-state index in [0.29, 0.717) is 31.9 Å². The maximum absolute atomic E-state index is 13.0. The normalized spacial score (nSPS) is 23.5. The second kappa shape index (κ2) is 7.56. The first-order valence-electron chi connectivity index (χ1n) is 9.41. The van der Waals surface area contributed by atoms with Crippen molar-refractivity contribution >= 4 is 11.9 Å². The number of nitrogens with zero attached hydrogens (tertiary/aromatic N) is 1. The Kier molecular flexibility index (Phi) is 4.99. The van der Waals surface area contributed by atoms with E-state index in [0.717, 1.165) is 24.0 Å². The standard InChI is InChI=1S/C21H23NO5/c23-20(19-16(8-12-27-19)14-4-2-1-3-5-14)22-10-6-15(7-11-22)18-17(21(24)25)9-13-26-18/h1-5,8,12,15,17-18H,6-7,9-11,13H2,(H,24,25)/t17?,18-/m0/s1. The number of hydrogen-bond donors (Lipinski definition) is 1. The zero-order valence-corrected chi connectivity index (χ0v) is 15.0. The summed E-state index contributed by atoms with van der Waals surface area (Å²) in [7, 11) is 0. The zero-order chi connectivity index (χ0) is 18.8.